The molecule has 0 aromatic carbocycles. The SMILES string of the molecule is CCCCCCCC/C=C\C=C\C1=C[C@@H]2CC[C@@]1(CCCC(=O)O)O2. The summed E-state index contributed by atoms with van der Waals surface area (Å²) >= 11 is 0. The van der Waals surface area contributed by atoms with Gasteiger partial charge in [-0.05, 0) is 50.2 Å². The van der Waals surface area contributed by atoms with Gasteiger partial charge in [0.15, 0.2) is 0 Å². The highest BCUT2D eigenvalue weighted by atomic mass is 16.5. The maximum atomic E-state index is 10.7. The van der Waals surface area contributed by atoms with Gasteiger partial charge in [0.25, 0.3) is 0 Å². The third-order valence-corrected chi connectivity index (χ3v) is 5.32. The number of carbonyl (C=O) groups is 1. The van der Waals surface area contributed by atoms with Gasteiger partial charge in [-0.25, -0.2) is 0 Å². The highest BCUT2D eigenvalue weighted by molar-refractivity contribution is 5.66. The summed E-state index contributed by atoms with van der Waals surface area (Å²) in [7, 11) is 0. The molecular formula is C22H34O3. The van der Waals surface area contributed by atoms with Gasteiger partial charge in [-0.2, -0.15) is 0 Å². The lowest BCUT2D eigenvalue weighted by atomic mass is 9.82. The highest BCUT2D eigenvalue weighted by Crippen LogP contribution is 2.47. The fourth-order valence-corrected chi connectivity index (χ4v) is 3.90. The molecule has 2 heterocycles. The van der Waals surface area contributed by atoms with Gasteiger partial charge in [0.2, 0.25) is 0 Å². The number of rotatable bonds is 13. The second-order valence-corrected chi connectivity index (χ2v) is 7.40. The second kappa shape index (κ2) is 10.6. The highest BCUT2D eigenvalue weighted by Gasteiger charge is 2.46. The fourth-order valence-electron chi connectivity index (χ4n) is 3.90. The molecule has 0 aromatic rings. The Bertz CT molecular complexity index is 503. The Balaban J connectivity index is 1.69. The van der Waals surface area contributed by atoms with Crippen molar-refractivity contribution in [2.75, 3.05) is 0 Å². The van der Waals surface area contributed by atoms with Crippen molar-refractivity contribution in [3.05, 3.63) is 36.0 Å². The first-order valence-electron chi connectivity index (χ1n) is 10.1. The predicted octanol–water partition coefficient (Wildman–Crippen LogP) is 5.96. The molecule has 3 nitrogen and oxygen atoms in total. The Kier molecular flexibility index (Phi) is 8.47. The maximum Gasteiger partial charge on any atom is 0.303 e. The van der Waals surface area contributed by atoms with Gasteiger partial charge in [-0.15, -0.1) is 0 Å². The van der Waals surface area contributed by atoms with Gasteiger partial charge in [-0.3, -0.25) is 4.79 Å². The largest absolute Gasteiger partial charge is 0.481 e. The van der Waals surface area contributed by atoms with E-state index in [4.69, 9.17) is 9.84 Å². The molecule has 1 N–H and O–H groups in total. The molecule has 0 saturated carbocycles. The van der Waals surface area contributed by atoms with Gasteiger partial charge in [0.1, 0.15) is 0 Å². The van der Waals surface area contributed by atoms with Gasteiger partial charge >= 0.3 is 5.97 Å². The van der Waals surface area contributed by atoms with Crippen molar-refractivity contribution in [3.8, 4) is 0 Å². The van der Waals surface area contributed by atoms with Crippen molar-refractivity contribution in [1.29, 1.82) is 0 Å². The number of hydrogen-bond acceptors (Lipinski definition) is 2. The first-order chi connectivity index (χ1) is 12.2. The molecule has 0 amide bonds. The topological polar surface area (TPSA) is 46.5 Å². The molecule has 0 aromatic heterocycles. The Hall–Kier alpha value is -1.35. The van der Waals surface area contributed by atoms with E-state index in [9.17, 15) is 4.79 Å². The summed E-state index contributed by atoms with van der Waals surface area (Å²) in [6, 6.07) is 0. The standard InChI is InChI=1S/C22H34O3/c1-2-3-4-5-6-7-8-9-10-11-13-19-18-20-15-17-22(19,25-20)16-12-14-21(23)24/h9-11,13,18,20H,2-8,12,14-17H2,1H3,(H,23,24)/b10-9-,13-11+/t20-,22+/m0/s1. The molecule has 140 valence electrons. The summed E-state index contributed by atoms with van der Waals surface area (Å²) in [5.41, 5.74) is 1.03. The summed E-state index contributed by atoms with van der Waals surface area (Å²) in [6.45, 7) is 2.25. The summed E-state index contributed by atoms with van der Waals surface area (Å²) < 4.78 is 6.14. The van der Waals surface area contributed by atoms with Gasteiger partial charge in [0, 0.05) is 6.42 Å². The molecule has 0 spiro atoms. The normalized spacial score (nSPS) is 25.3. The average molecular weight is 347 g/mol. The van der Waals surface area contributed by atoms with Crippen LogP contribution in [0.3, 0.4) is 0 Å². The van der Waals surface area contributed by atoms with Crippen molar-refractivity contribution in [2.24, 2.45) is 0 Å². The lowest BCUT2D eigenvalue weighted by Crippen LogP contribution is -2.27. The lowest BCUT2D eigenvalue weighted by Gasteiger charge is -2.27. The van der Waals surface area contributed by atoms with Crippen LogP contribution in [0.5, 0.6) is 0 Å². The van der Waals surface area contributed by atoms with E-state index >= 15 is 0 Å². The molecule has 1 saturated heterocycles. The van der Waals surface area contributed by atoms with Crippen LogP contribution in [-0.2, 0) is 9.53 Å². The van der Waals surface area contributed by atoms with E-state index in [0.717, 1.165) is 25.7 Å². The van der Waals surface area contributed by atoms with E-state index in [1.807, 2.05) is 0 Å². The number of ether oxygens (including phenoxy) is 1. The lowest BCUT2D eigenvalue weighted by molar-refractivity contribution is -0.137. The quantitative estimate of drug-likeness (QED) is 0.330. The van der Waals surface area contributed by atoms with Crippen LogP contribution in [0.25, 0.3) is 0 Å². The second-order valence-electron chi connectivity index (χ2n) is 7.40. The van der Waals surface area contributed by atoms with E-state index < -0.39 is 5.97 Å². The molecule has 2 aliphatic rings. The van der Waals surface area contributed by atoms with Crippen molar-refractivity contribution in [3.63, 3.8) is 0 Å². The van der Waals surface area contributed by atoms with Gasteiger partial charge < -0.3 is 9.84 Å². The molecule has 25 heavy (non-hydrogen) atoms. The number of unbranched alkanes of at least 4 members (excludes halogenated alkanes) is 6. The Morgan fingerprint density at radius 2 is 2.04 bits per heavy atom. The zero-order valence-corrected chi connectivity index (χ0v) is 15.7. The van der Waals surface area contributed by atoms with Gasteiger partial charge in [0.05, 0.1) is 11.7 Å². The van der Waals surface area contributed by atoms with Crippen LogP contribution in [0.1, 0.15) is 84.0 Å². The predicted molar refractivity (Wildman–Crippen MR) is 103 cm³/mol. The molecule has 2 rings (SSSR count). The summed E-state index contributed by atoms with van der Waals surface area (Å²) in [6.07, 6.45) is 24.1. The van der Waals surface area contributed by atoms with E-state index in [1.165, 1.54) is 44.1 Å². The smallest absolute Gasteiger partial charge is 0.303 e. The van der Waals surface area contributed by atoms with Crippen LogP contribution in [0.2, 0.25) is 0 Å². The molecule has 0 radical (unpaired) electrons. The minimum atomic E-state index is -0.720. The van der Waals surface area contributed by atoms with Crippen LogP contribution in [-0.4, -0.2) is 22.8 Å². The number of hydrogen-bond donors (Lipinski definition) is 1. The Labute approximate surface area is 152 Å². The number of aliphatic carboxylic acids is 1. The van der Waals surface area contributed by atoms with Crippen LogP contribution in [0, 0.1) is 0 Å². The molecule has 0 unspecified atom stereocenters. The minimum Gasteiger partial charge on any atom is -0.481 e. The first kappa shape index (κ1) is 20.0. The molecule has 0 aliphatic carbocycles. The number of carboxylic acid groups (broad SMARTS) is 1. The van der Waals surface area contributed by atoms with E-state index in [2.05, 4.69) is 37.3 Å². The number of carboxylic acids is 1. The summed E-state index contributed by atoms with van der Waals surface area (Å²) in [5.74, 6) is -0.720. The molecular weight excluding hydrogens is 312 g/mol. The monoisotopic (exact) mass is 346 g/mol. The summed E-state index contributed by atoms with van der Waals surface area (Å²) in [5, 5.41) is 8.85. The maximum absolute atomic E-state index is 10.7. The van der Waals surface area contributed by atoms with Crippen LogP contribution < -0.4 is 0 Å². The minimum absolute atomic E-state index is 0.219. The summed E-state index contributed by atoms with van der Waals surface area (Å²) in [4.78, 5) is 10.7. The van der Waals surface area contributed by atoms with E-state index in [0.29, 0.717) is 6.42 Å². The van der Waals surface area contributed by atoms with Crippen molar-refractivity contribution in [2.45, 2.75) is 95.7 Å². The third-order valence-electron chi connectivity index (χ3n) is 5.32. The third kappa shape index (κ3) is 6.47. The molecule has 1 fully saturated rings. The average Bonchev–Trinajstić information content (AvgIpc) is 3.14. The molecule has 2 bridgehead atoms. The zero-order valence-electron chi connectivity index (χ0n) is 15.7. The zero-order chi connectivity index (χ0) is 18.0. The fraction of sp³-hybridized carbons (Fsp3) is 0.682. The van der Waals surface area contributed by atoms with Crippen LogP contribution in [0.4, 0.5) is 0 Å². The number of fused-ring (bicyclic) bond motifs is 2. The Morgan fingerprint density at radius 3 is 2.80 bits per heavy atom. The molecule has 2 aliphatic heterocycles. The number of allylic oxidation sites excluding steroid dienone is 3. The molecule has 3 heteroatoms. The van der Waals surface area contributed by atoms with E-state index in [1.54, 1.807) is 0 Å². The van der Waals surface area contributed by atoms with Crippen molar-refractivity contribution >= 4 is 5.97 Å². The van der Waals surface area contributed by atoms with Crippen LogP contribution in [0.15, 0.2) is 36.0 Å². The van der Waals surface area contributed by atoms with Gasteiger partial charge in [-0.1, -0.05) is 63.3 Å². The van der Waals surface area contributed by atoms with Crippen LogP contribution >= 0.6 is 0 Å². The first-order valence-corrected chi connectivity index (χ1v) is 10.1. The Morgan fingerprint density at radius 1 is 1.24 bits per heavy atom. The van der Waals surface area contributed by atoms with Crippen molar-refractivity contribution in [1.82, 2.24) is 0 Å². The van der Waals surface area contributed by atoms with E-state index in [-0.39, 0.29) is 18.1 Å². The molecule has 2 atom stereocenters. The van der Waals surface area contributed by atoms with Crippen molar-refractivity contribution < 1.29 is 14.6 Å².